The third-order valence-electron chi connectivity index (χ3n) is 5.59. The standard InChI is InChI=1S/C24H22ClN3O4S/c25-16-9-7-15(8-10-16)12-26-20(29)14-33-24-27-21-18-5-1-2-6-19(18)32-22(21)23(30)28(24)13-17-4-3-11-31-17/h1-2,5-10,17H,3-4,11-14H2,(H,26,29). The van der Waals surface area contributed by atoms with Gasteiger partial charge in [0.1, 0.15) is 11.1 Å². The van der Waals surface area contributed by atoms with Crippen LogP contribution in [-0.2, 0) is 22.6 Å². The van der Waals surface area contributed by atoms with Gasteiger partial charge in [0.05, 0.1) is 18.4 Å². The molecule has 7 nitrogen and oxygen atoms in total. The third-order valence-corrected chi connectivity index (χ3v) is 6.82. The second kappa shape index (κ2) is 9.59. The molecule has 1 aliphatic rings. The van der Waals surface area contributed by atoms with Gasteiger partial charge in [-0.3, -0.25) is 14.2 Å². The highest BCUT2D eigenvalue weighted by Crippen LogP contribution is 2.28. The molecule has 4 aromatic rings. The van der Waals surface area contributed by atoms with Gasteiger partial charge in [-0.1, -0.05) is 47.6 Å². The molecule has 33 heavy (non-hydrogen) atoms. The van der Waals surface area contributed by atoms with Gasteiger partial charge in [-0.05, 0) is 42.7 Å². The molecule has 0 aliphatic carbocycles. The van der Waals surface area contributed by atoms with Crippen LogP contribution in [0.5, 0.6) is 0 Å². The maximum absolute atomic E-state index is 13.3. The van der Waals surface area contributed by atoms with Crippen molar-refractivity contribution >= 4 is 51.3 Å². The summed E-state index contributed by atoms with van der Waals surface area (Å²) in [5.41, 5.74) is 2.06. The molecule has 1 fully saturated rings. The Morgan fingerprint density at radius 3 is 2.82 bits per heavy atom. The number of carbonyl (C=O) groups excluding carboxylic acids is 1. The van der Waals surface area contributed by atoms with Crippen molar-refractivity contribution < 1.29 is 13.9 Å². The molecule has 5 rings (SSSR count). The van der Waals surface area contributed by atoms with Crippen LogP contribution in [0.1, 0.15) is 18.4 Å². The number of benzene rings is 2. The minimum Gasteiger partial charge on any atom is -0.448 e. The highest BCUT2D eigenvalue weighted by atomic mass is 35.5. The van der Waals surface area contributed by atoms with Crippen LogP contribution in [0.3, 0.4) is 0 Å². The van der Waals surface area contributed by atoms with E-state index in [-0.39, 0.29) is 28.9 Å². The molecule has 2 aromatic heterocycles. The summed E-state index contributed by atoms with van der Waals surface area (Å²) in [7, 11) is 0. The van der Waals surface area contributed by atoms with E-state index in [0.29, 0.717) is 41.0 Å². The first-order valence-electron chi connectivity index (χ1n) is 10.8. The summed E-state index contributed by atoms with van der Waals surface area (Å²) in [6.45, 7) is 1.47. The van der Waals surface area contributed by atoms with E-state index < -0.39 is 0 Å². The highest BCUT2D eigenvalue weighted by Gasteiger charge is 2.23. The molecule has 1 unspecified atom stereocenters. The number of rotatable bonds is 7. The number of nitrogens with one attached hydrogen (secondary N) is 1. The van der Waals surface area contributed by atoms with E-state index in [1.165, 1.54) is 11.8 Å². The zero-order chi connectivity index (χ0) is 22.8. The van der Waals surface area contributed by atoms with E-state index in [1.807, 2.05) is 36.4 Å². The molecule has 1 amide bonds. The van der Waals surface area contributed by atoms with Crippen LogP contribution in [0.2, 0.25) is 5.02 Å². The third kappa shape index (κ3) is 4.78. The molecule has 0 bridgehead atoms. The van der Waals surface area contributed by atoms with Gasteiger partial charge in [-0.2, -0.15) is 0 Å². The number of thioether (sulfide) groups is 1. The summed E-state index contributed by atoms with van der Waals surface area (Å²) < 4.78 is 13.2. The number of fused-ring (bicyclic) bond motifs is 3. The van der Waals surface area contributed by atoms with Crippen LogP contribution in [0.25, 0.3) is 22.1 Å². The average Bonchev–Trinajstić information content (AvgIpc) is 3.47. The fourth-order valence-electron chi connectivity index (χ4n) is 3.90. The molecular formula is C24H22ClN3O4S. The predicted octanol–water partition coefficient (Wildman–Crippen LogP) is 4.38. The Kier molecular flexibility index (Phi) is 6.39. The Hall–Kier alpha value is -2.81. The van der Waals surface area contributed by atoms with Crippen LogP contribution in [0.15, 0.2) is 62.9 Å². The molecule has 2 aromatic carbocycles. The largest absolute Gasteiger partial charge is 0.448 e. The van der Waals surface area contributed by atoms with E-state index in [0.717, 1.165) is 23.8 Å². The zero-order valence-electron chi connectivity index (χ0n) is 17.8. The molecule has 0 radical (unpaired) electrons. The second-order valence-electron chi connectivity index (χ2n) is 7.91. The van der Waals surface area contributed by atoms with Gasteiger partial charge in [0.15, 0.2) is 5.16 Å². The maximum atomic E-state index is 13.3. The minimum atomic E-state index is -0.254. The number of carbonyl (C=O) groups is 1. The highest BCUT2D eigenvalue weighted by molar-refractivity contribution is 7.99. The lowest BCUT2D eigenvalue weighted by molar-refractivity contribution is -0.118. The topological polar surface area (TPSA) is 86.4 Å². The normalized spacial score (nSPS) is 16.0. The number of para-hydroxylation sites is 1. The van der Waals surface area contributed by atoms with Gasteiger partial charge in [0.25, 0.3) is 5.56 Å². The molecule has 1 atom stereocenters. The van der Waals surface area contributed by atoms with Crippen molar-refractivity contribution in [3.05, 3.63) is 69.5 Å². The van der Waals surface area contributed by atoms with Crippen LogP contribution >= 0.6 is 23.4 Å². The SMILES string of the molecule is O=C(CSc1nc2c(oc3ccccc32)c(=O)n1CC1CCCO1)NCc1ccc(Cl)cc1. The fourth-order valence-corrected chi connectivity index (χ4v) is 4.86. The first-order chi connectivity index (χ1) is 16.1. The van der Waals surface area contributed by atoms with Crippen molar-refractivity contribution in [1.29, 1.82) is 0 Å². The average molecular weight is 484 g/mol. The quantitative estimate of drug-likeness (QED) is 0.310. The summed E-state index contributed by atoms with van der Waals surface area (Å²) in [4.78, 5) is 30.6. The van der Waals surface area contributed by atoms with Gasteiger partial charge in [-0.25, -0.2) is 4.98 Å². The number of halogens is 1. The van der Waals surface area contributed by atoms with Crippen LogP contribution < -0.4 is 10.9 Å². The van der Waals surface area contributed by atoms with E-state index in [2.05, 4.69) is 5.32 Å². The van der Waals surface area contributed by atoms with Crippen molar-refractivity contribution in [1.82, 2.24) is 14.9 Å². The Morgan fingerprint density at radius 2 is 2.03 bits per heavy atom. The molecule has 1 aliphatic heterocycles. The van der Waals surface area contributed by atoms with E-state index >= 15 is 0 Å². The monoisotopic (exact) mass is 483 g/mol. The number of aromatic nitrogens is 2. The Labute approximate surface area is 199 Å². The summed E-state index contributed by atoms with van der Waals surface area (Å²) >= 11 is 7.15. The lowest BCUT2D eigenvalue weighted by Gasteiger charge is -2.15. The molecule has 9 heteroatoms. The van der Waals surface area contributed by atoms with Gasteiger partial charge < -0.3 is 14.5 Å². The first kappa shape index (κ1) is 22.0. The summed E-state index contributed by atoms with van der Waals surface area (Å²) in [5, 5.41) is 4.81. The van der Waals surface area contributed by atoms with E-state index in [1.54, 1.807) is 16.7 Å². The van der Waals surface area contributed by atoms with Crippen molar-refractivity contribution in [3.8, 4) is 0 Å². The lowest BCUT2D eigenvalue weighted by Crippen LogP contribution is -2.29. The Balaban J connectivity index is 1.39. The number of hydrogen-bond acceptors (Lipinski definition) is 6. The summed E-state index contributed by atoms with van der Waals surface area (Å²) in [6.07, 6.45) is 1.80. The lowest BCUT2D eigenvalue weighted by atomic mass is 10.2. The minimum absolute atomic E-state index is 0.0515. The molecule has 0 spiro atoms. The van der Waals surface area contributed by atoms with Gasteiger partial charge >= 0.3 is 0 Å². The van der Waals surface area contributed by atoms with Gasteiger partial charge in [0.2, 0.25) is 11.5 Å². The summed E-state index contributed by atoms with van der Waals surface area (Å²) in [6, 6.07) is 14.8. The fraction of sp³-hybridized carbons (Fsp3) is 0.292. The van der Waals surface area contributed by atoms with E-state index in [4.69, 9.17) is 25.7 Å². The predicted molar refractivity (Wildman–Crippen MR) is 129 cm³/mol. The summed E-state index contributed by atoms with van der Waals surface area (Å²) in [5.74, 6) is -0.0163. The van der Waals surface area contributed by atoms with Gasteiger partial charge in [0, 0.05) is 23.6 Å². The second-order valence-corrected chi connectivity index (χ2v) is 9.29. The van der Waals surface area contributed by atoms with E-state index in [9.17, 15) is 9.59 Å². The maximum Gasteiger partial charge on any atom is 0.297 e. The van der Waals surface area contributed by atoms with Crippen molar-refractivity contribution in [2.24, 2.45) is 0 Å². The molecule has 0 saturated carbocycles. The molecule has 1 N–H and O–H groups in total. The molecule has 170 valence electrons. The molecule has 3 heterocycles. The number of furan rings is 1. The smallest absolute Gasteiger partial charge is 0.297 e. The Morgan fingerprint density at radius 1 is 1.21 bits per heavy atom. The van der Waals surface area contributed by atoms with Crippen LogP contribution in [0.4, 0.5) is 0 Å². The van der Waals surface area contributed by atoms with Gasteiger partial charge in [-0.15, -0.1) is 0 Å². The molecule has 1 saturated heterocycles. The molecular weight excluding hydrogens is 462 g/mol. The van der Waals surface area contributed by atoms with Crippen molar-refractivity contribution in [2.45, 2.75) is 37.2 Å². The number of amides is 1. The van der Waals surface area contributed by atoms with Crippen LogP contribution in [0, 0.1) is 0 Å². The number of hydrogen-bond donors (Lipinski definition) is 1. The number of ether oxygens (including phenoxy) is 1. The Bertz CT molecular complexity index is 1360. The van der Waals surface area contributed by atoms with Crippen molar-refractivity contribution in [3.63, 3.8) is 0 Å². The number of nitrogens with zero attached hydrogens (tertiary/aromatic N) is 2. The van der Waals surface area contributed by atoms with Crippen molar-refractivity contribution in [2.75, 3.05) is 12.4 Å². The zero-order valence-corrected chi connectivity index (χ0v) is 19.3. The first-order valence-corrected chi connectivity index (χ1v) is 12.1. The van der Waals surface area contributed by atoms with Crippen LogP contribution in [-0.4, -0.2) is 33.9 Å².